The number of hydrogen-bond acceptors (Lipinski definition) is 0. The zero-order valence-corrected chi connectivity index (χ0v) is 29.9. The summed E-state index contributed by atoms with van der Waals surface area (Å²) in [4.78, 5) is 0. The summed E-state index contributed by atoms with van der Waals surface area (Å²) in [5.74, 6) is 6.00. The van der Waals surface area contributed by atoms with Crippen LogP contribution in [-0.2, 0) is 30.7 Å². The van der Waals surface area contributed by atoms with Crippen molar-refractivity contribution in [2.24, 2.45) is 29.1 Å². The molecule has 7 rings (SSSR count). The van der Waals surface area contributed by atoms with Crippen LogP contribution in [0.4, 0.5) is 0 Å². The number of fused-ring (bicyclic) bond motifs is 7. The maximum atomic E-state index is 5.51. The Labute approximate surface area is 282 Å². The molecule has 0 heterocycles. The van der Waals surface area contributed by atoms with E-state index in [-0.39, 0.29) is 24.8 Å². The first-order chi connectivity index (χ1) is 18.9. The topological polar surface area (TPSA) is 0 Å². The van der Waals surface area contributed by atoms with E-state index in [4.69, 9.17) is 11.6 Å². The van der Waals surface area contributed by atoms with Gasteiger partial charge in [-0.15, -0.1) is 38.2 Å². The van der Waals surface area contributed by atoms with Gasteiger partial charge in [-0.1, -0.05) is 104 Å². The van der Waals surface area contributed by atoms with E-state index >= 15 is 0 Å². The average Bonchev–Trinajstić information content (AvgIpc) is 3.66. The molecule has 0 bridgehead atoms. The van der Waals surface area contributed by atoms with Crippen LogP contribution in [0.15, 0.2) is 77.9 Å². The number of allylic oxidation sites excluding steroid dienone is 6. The summed E-state index contributed by atoms with van der Waals surface area (Å²) < 4.78 is 3.34. The van der Waals surface area contributed by atoms with Gasteiger partial charge in [0.05, 0.1) is 0 Å². The molecule has 4 heteroatoms. The van der Waals surface area contributed by atoms with Crippen molar-refractivity contribution in [1.82, 2.24) is 0 Å². The fraction of sp³-hybridized carbons (Fsp3) is 0.459. The fourth-order valence-electron chi connectivity index (χ4n) is 7.72. The van der Waals surface area contributed by atoms with Crippen LogP contribution in [0.3, 0.4) is 0 Å². The molecule has 0 amide bonds. The molecule has 2 fully saturated rings. The van der Waals surface area contributed by atoms with Crippen LogP contribution in [0, 0.1) is 47.1 Å². The summed E-state index contributed by atoms with van der Waals surface area (Å²) in [6.07, 6.45) is 18.5. The van der Waals surface area contributed by atoms with Gasteiger partial charge >= 0.3 is 28.4 Å². The summed E-state index contributed by atoms with van der Waals surface area (Å²) in [6, 6.07) is 19.4. The van der Waals surface area contributed by atoms with Crippen LogP contribution in [0.5, 0.6) is 0 Å². The van der Waals surface area contributed by atoms with Crippen molar-refractivity contribution < 1.29 is 24.2 Å². The Kier molecular flexibility index (Phi) is 14.9. The molecule has 0 nitrogen and oxygen atoms in total. The van der Waals surface area contributed by atoms with Gasteiger partial charge in [-0.3, -0.25) is 6.08 Å². The van der Waals surface area contributed by atoms with Crippen molar-refractivity contribution in [2.45, 2.75) is 78.6 Å². The Bertz CT molecular complexity index is 1170. The molecule has 0 radical (unpaired) electrons. The molecule has 0 spiro atoms. The Morgan fingerprint density at radius 2 is 1.73 bits per heavy atom. The molecule has 222 valence electrons. The molecule has 0 N–H and O–H groups in total. The van der Waals surface area contributed by atoms with Crippen LogP contribution >= 0.6 is 36.4 Å². The zero-order valence-electron chi connectivity index (χ0n) is 25.1. The summed E-state index contributed by atoms with van der Waals surface area (Å²) in [7, 11) is 0. The number of benzene rings is 2. The van der Waals surface area contributed by atoms with E-state index in [0.29, 0.717) is 5.41 Å². The molecule has 41 heavy (non-hydrogen) atoms. The van der Waals surface area contributed by atoms with Crippen molar-refractivity contribution in [3.8, 4) is 0 Å². The first kappa shape index (κ1) is 36.3. The van der Waals surface area contributed by atoms with Crippen molar-refractivity contribution in [2.75, 3.05) is 0 Å². The zero-order chi connectivity index (χ0) is 28.0. The van der Waals surface area contributed by atoms with Gasteiger partial charge in [0.25, 0.3) is 0 Å². The van der Waals surface area contributed by atoms with Crippen LogP contribution in [0.2, 0.25) is 5.02 Å². The third kappa shape index (κ3) is 8.01. The van der Waals surface area contributed by atoms with E-state index in [0.717, 1.165) is 41.0 Å². The predicted octanol–water partition coefficient (Wildman–Crippen LogP) is 11.0. The van der Waals surface area contributed by atoms with Crippen molar-refractivity contribution in [3.05, 3.63) is 112 Å². The standard InChI is InChI=1S/C25H33.C6H4Cl.C5H5.CH2.2ClH.Zr/c1-15-13-21-19-11-7-8-12-20(19)24-18-10-6-5-9-17(18)14-22(24)23(21)16(2)25(15,3)4;7-6-4-2-1-3-5-6;1-2-4-5-3-1;;;;/h5-6,9-10,15,19-21,24H,7-8,11-14H2,1-4H3;1-2,4-5H;1-3H,4H2;1H2;2*1H;/q3*-1;;;;. The molecule has 0 aliphatic heterocycles. The van der Waals surface area contributed by atoms with Gasteiger partial charge in [0.2, 0.25) is 0 Å². The Balaban J connectivity index is 0.000000306. The Morgan fingerprint density at radius 3 is 2.29 bits per heavy atom. The molecule has 5 unspecified atom stereocenters. The normalized spacial score (nSPS) is 27.3. The first-order valence-electron chi connectivity index (χ1n) is 14.7. The molecule has 0 aromatic heterocycles. The van der Waals surface area contributed by atoms with Crippen LogP contribution in [0.1, 0.15) is 83.3 Å². The number of halogens is 3. The minimum absolute atomic E-state index is 0. The molecular formula is C37H46Cl3Zr-3. The Morgan fingerprint density at radius 1 is 1.02 bits per heavy atom. The van der Waals surface area contributed by atoms with Crippen molar-refractivity contribution in [3.63, 3.8) is 0 Å². The van der Waals surface area contributed by atoms with E-state index in [1.165, 1.54) is 62.8 Å². The minimum atomic E-state index is 0. The van der Waals surface area contributed by atoms with Gasteiger partial charge in [-0.05, 0) is 30.6 Å². The third-order valence-corrected chi connectivity index (χ3v) is 10.4. The molecule has 2 aromatic carbocycles. The summed E-state index contributed by atoms with van der Waals surface area (Å²) >= 11 is 6.81. The van der Waals surface area contributed by atoms with E-state index in [1.807, 2.05) is 41.5 Å². The second-order valence-corrected chi connectivity index (χ2v) is 12.7. The van der Waals surface area contributed by atoms with E-state index in [2.05, 4.69) is 74.4 Å². The van der Waals surface area contributed by atoms with Crippen LogP contribution in [-0.4, -0.2) is 4.21 Å². The van der Waals surface area contributed by atoms with Gasteiger partial charge in [-0.2, -0.15) is 48.0 Å². The Hall–Kier alpha value is -0.847. The maximum absolute atomic E-state index is 5.51. The van der Waals surface area contributed by atoms with E-state index < -0.39 is 0 Å². The second-order valence-electron chi connectivity index (χ2n) is 12.2. The average molecular weight is 688 g/mol. The predicted molar refractivity (Wildman–Crippen MR) is 179 cm³/mol. The van der Waals surface area contributed by atoms with E-state index in [1.54, 1.807) is 23.1 Å². The summed E-state index contributed by atoms with van der Waals surface area (Å²) in [5.41, 5.74) is 7.35. The van der Waals surface area contributed by atoms with Gasteiger partial charge in [0.1, 0.15) is 0 Å². The number of rotatable bonds is 0. The van der Waals surface area contributed by atoms with Gasteiger partial charge in [0.15, 0.2) is 0 Å². The van der Waals surface area contributed by atoms with Gasteiger partial charge in [-0.25, -0.2) is 29.2 Å². The molecule has 5 atom stereocenters. The number of hydrogen-bond donors (Lipinski definition) is 0. The van der Waals surface area contributed by atoms with Crippen molar-refractivity contribution in [1.29, 1.82) is 0 Å². The second kappa shape index (κ2) is 16.9. The van der Waals surface area contributed by atoms with Crippen molar-refractivity contribution >= 4 is 40.6 Å². The summed E-state index contributed by atoms with van der Waals surface area (Å²) in [5, 5.41) is 0.738. The summed E-state index contributed by atoms with van der Waals surface area (Å²) in [6.45, 7) is 9.99. The molecule has 2 saturated carbocycles. The fourth-order valence-corrected chi connectivity index (χ4v) is 7.86. The molecule has 5 aliphatic carbocycles. The van der Waals surface area contributed by atoms with Crippen LogP contribution < -0.4 is 0 Å². The quantitative estimate of drug-likeness (QED) is 0.242. The first-order valence-corrected chi connectivity index (χ1v) is 16.8. The molecule has 5 aliphatic rings. The monoisotopic (exact) mass is 685 g/mol. The molecule has 0 saturated heterocycles. The molecular weight excluding hydrogens is 642 g/mol. The third-order valence-electron chi connectivity index (χ3n) is 10.1. The van der Waals surface area contributed by atoms with Gasteiger partial charge < -0.3 is 0 Å². The van der Waals surface area contributed by atoms with Gasteiger partial charge in [0, 0.05) is 0 Å². The SMILES string of the molecule is C[C-]1C2=C3Cc4ccccc4C3C3CCCCC3C2CC(C)C1(C)C.Cl.Cl.Clc1c[c-]ccc1.[C-]1=CC=CC1.[CH2]=[Zr]. The molecule has 2 aromatic rings. The van der Waals surface area contributed by atoms with E-state index in [9.17, 15) is 0 Å². The van der Waals surface area contributed by atoms with Crippen LogP contribution in [0.25, 0.3) is 0 Å².